The monoisotopic (exact) mass is 367 g/mol. The maximum absolute atomic E-state index is 9.81. The van der Waals surface area contributed by atoms with Gasteiger partial charge >= 0.3 is 0 Å². The van der Waals surface area contributed by atoms with Gasteiger partial charge in [0.25, 0.3) is 0 Å². The average molecular weight is 367 g/mol. The van der Waals surface area contributed by atoms with Crippen LogP contribution in [0.3, 0.4) is 0 Å². The molecule has 2 N–H and O–H groups in total. The van der Waals surface area contributed by atoms with Crippen LogP contribution in [-0.2, 0) is 15.9 Å². The van der Waals surface area contributed by atoms with Gasteiger partial charge in [-0.05, 0) is 45.4 Å². The van der Waals surface area contributed by atoms with Crippen molar-refractivity contribution in [2.45, 2.75) is 38.9 Å². The molecule has 1 aromatic heterocycles. The molecule has 7 nitrogen and oxygen atoms in total. The molecule has 0 atom stereocenters. The van der Waals surface area contributed by atoms with Crippen molar-refractivity contribution < 1.29 is 18.9 Å². The molecule has 1 aromatic carbocycles. The largest absolute Gasteiger partial charge is 0.493 e. The van der Waals surface area contributed by atoms with Gasteiger partial charge < -0.3 is 24.7 Å². The Bertz CT molecular complexity index is 1010. The van der Waals surface area contributed by atoms with Crippen LogP contribution in [0.5, 0.6) is 17.2 Å². The van der Waals surface area contributed by atoms with Gasteiger partial charge in [0.15, 0.2) is 11.5 Å². The summed E-state index contributed by atoms with van der Waals surface area (Å²) in [5, 5.41) is 9.81. The second kappa shape index (κ2) is 5.51. The van der Waals surface area contributed by atoms with Gasteiger partial charge in [0.1, 0.15) is 23.1 Å². The fourth-order valence-corrected chi connectivity index (χ4v) is 4.04. The lowest BCUT2D eigenvalue weighted by Gasteiger charge is -2.25. The van der Waals surface area contributed by atoms with Crippen molar-refractivity contribution in [3.63, 3.8) is 0 Å². The van der Waals surface area contributed by atoms with Gasteiger partial charge in [-0.2, -0.15) is 5.26 Å². The zero-order valence-electron chi connectivity index (χ0n) is 16.0. The van der Waals surface area contributed by atoms with E-state index < -0.39 is 11.2 Å². The van der Waals surface area contributed by atoms with Crippen LogP contribution in [-0.4, -0.2) is 18.9 Å². The van der Waals surface area contributed by atoms with Crippen molar-refractivity contribution in [3.8, 4) is 34.4 Å². The quantitative estimate of drug-likeness (QED) is 0.868. The predicted octanol–water partition coefficient (Wildman–Crippen LogP) is 3.44. The Morgan fingerprint density at radius 2 is 1.93 bits per heavy atom. The minimum atomic E-state index is -0.649. The molecule has 7 heteroatoms. The Balaban J connectivity index is 2.10. The Kier molecular flexibility index (Phi) is 3.56. The van der Waals surface area contributed by atoms with E-state index in [-0.39, 0.29) is 12.6 Å². The van der Waals surface area contributed by atoms with E-state index in [1.165, 1.54) is 0 Å². The second-order valence-corrected chi connectivity index (χ2v) is 7.62. The molecule has 2 aliphatic heterocycles. The summed E-state index contributed by atoms with van der Waals surface area (Å²) in [6, 6.07) is 5.87. The first kappa shape index (κ1) is 17.4. The summed E-state index contributed by atoms with van der Waals surface area (Å²) in [4.78, 5) is 4.52. The smallest absolute Gasteiger partial charge is 0.231 e. The number of aromatic nitrogens is 1. The van der Waals surface area contributed by atoms with Gasteiger partial charge in [-0.3, -0.25) is 0 Å². The molecule has 0 saturated heterocycles. The van der Waals surface area contributed by atoms with Gasteiger partial charge in [-0.15, -0.1) is 0 Å². The average Bonchev–Trinajstić information content (AvgIpc) is 3.13. The van der Waals surface area contributed by atoms with Crippen molar-refractivity contribution in [1.29, 1.82) is 5.26 Å². The molecule has 2 aromatic rings. The van der Waals surface area contributed by atoms with Gasteiger partial charge in [-0.1, -0.05) is 0 Å². The molecule has 4 rings (SSSR count). The maximum Gasteiger partial charge on any atom is 0.231 e. The third-order valence-electron chi connectivity index (χ3n) is 4.97. The van der Waals surface area contributed by atoms with Crippen LogP contribution in [0.15, 0.2) is 12.1 Å². The summed E-state index contributed by atoms with van der Waals surface area (Å²) in [5.74, 6) is 1.82. The number of methoxy groups -OCH3 is 1. The first-order chi connectivity index (χ1) is 12.7. The summed E-state index contributed by atoms with van der Waals surface area (Å²) in [6.45, 7) is 7.95. The lowest BCUT2D eigenvalue weighted by molar-refractivity contribution is -0.106. The summed E-state index contributed by atoms with van der Waals surface area (Å²) in [7, 11) is 1.56. The summed E-state index contributed by atoms with van der Waals surface area (Å²) < 4.78 is 22.8. The molecule has 27 heavy (non-hydrogen) atoms. The number of fused-ring (bicyclic) bond motifs is 2. The molecular weight excluding hydrogens is 346 g/mol. The number of hydrogen-bond donors (Lipinski definition) is 1. The lowest BCUT2D eigenvalue weighted by atomic mass is 9.85. The zero-order valence-corrected chi connectivity index (χ0v) is 16.0. The molecule has 0 unspecified atom stereocenters. The number of ether oxygens (including phenoxy) is 4. The molecule has 140 valence electrons. The molecule has 0 radical (unpaired) electrons. The van der Waals surface area contributed by atoms with Crippen molar-refractivity contribution in [2.24, 2.45) is 0 Å². The van der Waals surface area contributed by atoms with Gasteiger partial charge in [-0.25, -0.2) is 4.98 Å². The highest BCUT2D eigenvalue weighted by molar-refractivity contribution is 5.83. The maximum atomic E-state index is 9.81. The summed E-state index contributed by atoms with van der Waals surface area (Å²) in [6.07, 6.45) is 0. The van der Waals surface area contributed by atoms with Crippen LogP contribution in [0.2, 0.25) is 0 Å². The van der Waals surface area contributed by atoms with Gasteiger partial charge in [0.2, 0.25) is 12.5 Å². The molecule has 0 amide bonds. The minimum Gasteiger partial charge on any atom is -0.493 e. The van der Waals surface area contributed by atoms with Gasteiger partial charge in [0.05, 0.1) is 18.4 Å². The van der Waals surface area contributed by atoms with Crippen molar-refractivity contribution in [1.82, 2.24) is 4.98 Å². The Morgan fingerprint density at radius 1 is 1.19 bits per heavy atom. The van der Waals surface area contributed by atoms with E-state index >= 15 is 0 Å². The molecular formula is C20H21N3O4. The predicted molar refractivity (Wildman–Crippen MR) is 98.6 cm³/mol. The van der Waals surface area contributed by atoms with E-state index in [1.54, 1.807) is 7.11 Å². The highest BCUT2D eigenvalue weighted by Crippen LogP contribution is 2.53. The number of nitrogens with zero attached hydrogens (tertiary/aromatic N) is 2. The van der Waals surface area contributed by atoms with Crippen LogP contribution < -0.4 is 19.9 Å². The molecule has 0 bridgehead atoms. The highest BCUT2D eigenvalue weighted by atomic mass is 16.7. The standard InChI is InChI=1S/C20H21N3O4/c1-19(2)15-14(10-6-12(24-5)16-13(7-10)25-9-26-16)11(8-21)18(22)23-17(15)20(3,4)27-19/h6-7H,9H2,1-5H3,(H2,22,23). The van der Waals surface area contributed by atoms with E-state index in [4.69, 9.17) is 24.7 Å². The number of benzene rings is 1. The third kappa shape index (κ3) is 2.41. The number of rotatable bonds is 2. The van der Waals surface area contributed by atoms with Gasteiger partial charge in [0, 0.05) is 11.1 Å². The first-order valence-electron chi connectivity index (χ1n) is 8.62. The SMILES string of the molecule is COc1cc(-c2c(C#N)c(N)nc3c2C(C)(C)OC3(C)C)cc2c1OCO2. The van der Waals surface area contributed by atoms with Crippen molar-refractivity contribution >= 4 is 5.82 Å². The van der Waals surface area contributed by atoms with E-state index in [0.29, 0.717) is 28.4 Å². The molecule has 0 spiro atoms. The fourth-order valence-electron chi connectivity index (χ4n) is 4.04. The first-order valence-corrected chi connectivity index (χ1v) is 8.62. The molecule has 3 heterocycles. The van der Waals surface area contributed by atoms with Crippen molar-refractivity contribution in [2.75, 3.05) is 19.6 Å². The van der Waals surface area contributed by atoms with Crippen LogP contribution in [0.4, 0.5) is 5.82 Å². The Morgan fingerprint density at radius 3 is 2.59 bits per heavy atom. The topological polar surface area (TPSA) is 99.6 Å². The van der Waals surface area contributed by atoms with E-state index in [0.717, 1.165) is 16.8 Å². The van der Waals surface area contributed by atoms with E-state index in [9.17, 15) is 5.26 Å². The van der Waals surface area contributed by atoms with Crippen molar-refractivity contribution in [3.05, 3.63) is 29.0 Å². The molecule has 0 fully saturated rings. The molecule has 0 aliphatic carbocycles. The summed E-state index contributed by atoms with van der Waals surface area (Å²) in [5.41, 5.74) is 8.20. The normalized spacial score (nSPS) is 18.1. The van der Waals surface area contributed by atoms with Crippen LogP contribution in [0.25, 0.3) is 11.1 Å². The third-order valence-corrected chi connectivity index (χ3v) is 4.97. The summed E-state index contributed by atoms with van der Waals surface area (Å²) >= 11 is 0. The van der Waals surface area contributed by atoms with Crippen LogP contribution in [0.1, 0.15) is 44.5 Å². The van der Waals surface area contributed by atoms with E-state index in [1.807, 2.05) is 39.8 Å². The number of anilines is 1. The Hall–Kier alpha value is -2.98. The number of nitrogens with two attached hydrogens (primary N) is 1. The zero-order chi connectivity index (χ0) is 19.6. The molecule has 2 aliphatic rings. The Labute approximate surface area is 157 Å². The number of nitriles is 1. The molecule has 0 saturated carbocycles. The lowest BCUT2D eigenvalue weighted by Crippen LogP contribution is -2.23. The number of hydrogen-bond acceptors (Lipinski definition) is 7. The minimum absolute atomic E-state index is 0.123. The van der Waals surface area contributed by atoms with E-state index in [2.05, 4.69) is 11.1 Å². The fraction of sp³-hybridized carbons (Fsp3) is 0.400. The highest BCUT2D eigenvalue weighted by Gasteiger charge is 2.47. The number of pyridine rings is 1. The second-order valence-electron chi connectivity index (χ2n) is 7.62. The van der Waals surface area contributed by atoms with Crippen LogP contribution >= 0.6 is 0 Å². The number of nitrogen functional groups attached to an aromatic ring is 1. The van der Waals surface area contributed by atoms with Crippen LogP contribution in [0, 0.1) is 11.3 Å².